The Balaban J connectivity index is 2.05. The van der Waals surface area contributed by atoms with Crippen molar-refractivity contribution >= 4 is 11.6 Å². The van der Waals surface area contributed by atoms with Gasteiger partial charge in [0.05, 0.1) is 12.8 Å². The molecule has 2 aromatic heterocycles. The van der Waals surface area contributed by atoms with Crippen molar-refractivity contribution in [3.05, 3.63) is 86.7 Å². The third kappa shape index (κ3) is 4.73. The number of aryl methyl sites for hydroxylation is 2. The van der Waals surface area contributed by atoms with Gasteiger partial charge in [-0.1, -0.05) is 31.9 Å². The van der Waals surface area contributed by atoms with Gasteiger partial charge >= 0.3 is 0 Å². The van der Waals surface area contributed by atoms with Crippen LogP contribution in [0.1, 0.15) is 64.8 Å². The summed E-state index contributed by atoms with van der Waals surface area (Å²) in [5.41, 5.74) is 4.41. The maximum Gasteiger partial charge on any atom is 0.261 e. The molecule has 0 aliphatic rings. The van der Waals surface area contributed by atoms with E-state index in [1.165, 1.54) is 0 Å². The van der Waals surface area contributed by atoms with Gasteiger partial charge in [-0.15, -0.1) is 0 Å². The maximum absolute atomic E-state index is 13.3. The summed E-state index contributed by atoms with van der Waals surface area (Å²) in [5, 5.41) is 2.97. The van der Waals surface area contributed by atoms with Crippen LogP contribution in [-0.2, 0) is 13.0 Å². The molecular weight excluding hydrogens is 376 g/mol. The highest BCUT2D eigenvalue weighted by Crippen LogP contribution is 2.21. The lowest BCUT2D eigenvalue weighted by atomic mass is 10.0. The molecule has 1 amide bonds. The number of benzene rings is 1. The highest BCUT2D eigenvalue weighted by molar-refractivity contribution is 6.05. The molecule has 0 unspecified atom stereocenters. The standard InChI is InChI=1S/C25H30N2O3/c1-5-6-7-13-22-24(25(29)26-21-12-8-10-17(2)19(21)4)23(28)15-18(3)27(22)16-20-11-9-14-30-20/h8-12,14-15H,5-7,13,16H2,1-4H3,(H,26,29). The third-order valence-corrected chi connectivity index (χ3v) is 5.62. The van der Waals surface area contributed by atoms with E-state index in [-0.39, 0.29) is 16.9 Å². The van der Waals surface area contributed by atoms with Crippen LogP contribution in [0, 0.1) is 20.8 Å². The topological polar surface area (TPSA) is 64.2 Å². The van der Waals surface area contributed by atoms with Gasteiger partial charge in [0.15, 0.2) is 5.43 Å². The van der Waals surface area contributed by atoms with Gasteiger partial charge in [-0.05, 0) is 62.9 Å². The van der Waals surface area contributed by atoms with Crippen LogP contribution in [0.4, 0.5) is 5.69 Å². The zero-order chi connectivity index (χ0) is 21.7. The van der Waals surface area contributed by atoms with Gasteiger partial charge in [0.1, 0.15) is 11.3 Å². The van der Waals surface area contributed by atoms with Crippen molar-refractivity contribution in [1.29, 1.82) is 0 Å². The number of amides is 1. The van der Waals surface area contributed by atoms with Gasteiger partial charge in [0.2, 0.25) is 0 Å². The van der Waals surface area contributed by atoms with Crippen LogP contribution in [0.5, 0.6) is 0 Å². The average molecular weight is 407 g/mol. The molecule has 0 spiro atoms. The first-order valence-corrected chi connectivity index (χ1v) is 10.6. The van der Waals surface area contributed by atoms with Gasteiger partial charge < -0.3 is 14.3 Å². The lowest BCUT2D eigenvalue weighted by Gasteiger charge is -2.20. The minimum Gasteiger partial charge on any atom is -0.467 e. The highest BCUT2D eigenvalue weighted by atomic mass is 16.3. The zero-order valence-electron chi connectivity index (χ0n) is 18.2. The summed E-state index contributed by atoms with van der Waals surface area (Å²) in [6.07, 6.45) is 5.33. The van der Waals surface area contributed by atoms with Crippen LogP contribution in [0.2, 0.25) is 0 Å². The smallest absolute Gasteiger partial charge is 0.261 e. The number of hydrogen-bond donors (Lipinski definition) is 1. The largest absolute Gasteiger partial charge is 0.467 e. The number of carbonyl (C=O) groups excluding carboxylic acids is 1. The Morgan fingerprint density at radius 3 is 2.60 bits per heavy atom. The van der Waals surface area contributed by atoms with Crippen LogP contribution in [-0.4, -0.2) is 10.5 Å². The van der Waals surface area contributed by atoms with Crippen molar-refractivity contribution in [3.8, 4) is 0 Å². The number of unbranched alkanes of at least 4 members (excludes halogenated alkanes) is 2. The molecule has 0 fully saturated rings. The fourth-order valence-electron chi connectivity index (χ4n) is 3.73. The molecule has 5 heteroatoms. The summed E-state index contributed by atoms with van der Waals surface area (Å²) in [6, 6.07) is 11.1. The normalized spacial score (nSPS) is 10.9. The Morgan fingerprint density at radius 1 is 1.10 bits per heavy atom. The molecule has 5 nitrogen and oxygen atoms in total. The molecule has 0 saturated carbocycles. The molecule has 1 aromatic carbocycles. The van der Waals surface area contributed by atoms with Crippen LogP contribution in [0.25, 0.3) is 0 Å². The molecule has 0 aliphatic carbocycles. The van der Waals surface area contributed by atoms with E-state index in [1.807, 2.05) is 55.7 Å². The lowest BCUT2D eigenvalue weighted by Crippen LogP contribution is -2.29. The fourth-order valence-corrected chi connectivity index (χ4v) is 3.73. The van der Waals surface area contributed by atoms with Crippen molar-refractivity contribution in [1.82, 2.24) is 4.57 Å². The Bertz CT molecular complexity index is 1080. The maximum atomic E-state index is 13.3. The zero-order valence-corrected chi connectivity index (χ0v) is 18.2. The van der Waals surface area contributed by atoms with E-state index in [4.69, 9.17) is 4.42 Å². The SMILES string of the molecule is CCCCCc1c(C(=O)Nc2cccc(C)c2C)c(=O)cc(C)n1Cc1ccco1. The Kier molecular flexibility index (Phi) is 6.93. The Labute approximate surface area is 177 Å². The number of nitrogens with zero attached hydrogens (tertiary/aromatic N) is 1. The summed E-state index contributed by atoms with van der Waals surface area (Å²) in [4.78, 5) is 26.2. The molecule has 2 heterocycles. The third-order valence-electron chi connectivity index (χ3n) is 5.62. The van der Waals surface area contributed by atoms with E-state index in [0.717, 1.165) is 53.2 Å². The number of hydrogen-bond acceptors (Lipinski definition) is 3. The summed E-state index contributed by atoms with van der Waals surface area (Å²) < 4.78 is 7.56. The molecular formula is C25H30N2O3. The Morgan fingerprint density at radius 2 is 1.90 bits per heavy atom. The first-order valence-electron chi connectivity index (χ1n) is 10.6. The van der Waals surface area contributed by atoms with Crippen molar-refractivity contribution in [2.24, 2.45) is 0 Å². The predicted octanol–water partition coefficient (Wildman–Crippen LogP) is 5.40. The molecule has 0 aliphatic heterocycles. The monoisotopic (exact) mass is 406 g/mol. The van der Waals surface area contributed by atoms with Crippen molar-refractivity contribution in [2.75, 3.05) is 5.32 Å². The van der Waals surface area contributed by atoms with E-state index in [1.54, 1.807) is 12.3 Å². The van der Waals surface area contributed by atoms with Crippen LogP contribution in [0.3, 0.4) is 0 Å². The quantitative estimate of drug-likeness (QED) is 0.510. The number of furan rings is 1. The number of aromatic nitrogens is 1. The average Bonchev–Trinajstić information content (AvgIpc) is 3.21. The fraction of sp³-hybridized carbons (Fsp3) is 0.360. The molecule has 0 atom stereocenters. The number of pyridine rings is 1. The second-order valence-corrected chi connectivity index (χ2v) is 7.80. The van der Waals surface area contributed by atoms with Crippen LogP contribution < -0.4 is 10.7 Å². The summed E-state index contributed by atoms with van der Waals surface area (Å²) in [7, 11) is 0. The minimum absolute atomic E-state index is 0.226. The van der Waals surface area contributed by atoms with E-state index in [0.29, 0.717) is 13.0 Å². The first-order chi connectivity index (χ1) is 14.4. The van der Waals surface area contributed by atoms with Crippen LogP contribution in [0.15, 0.2) is 51.9 Å². The molecule has 3 aromatic rings. The summed E-state index contributed by atoms with van der Waals surface area (Å²) in [5.74, 6) is 0.438. The molecule has 0 radical (unpaired) electrons. The van der Waals surface area contributed by atoms with Gasteiger partial charge in [-0.2, -0.15) is 0 Å². The number of anilines is 1. The van der Waals surface area contributed by atoms with E-state index in [2.05, 4.69) is 12.2 Å². The number of nitrogens with one attached hydrogen (secondary N) is 1. The van der Waals surface area contributed by atoms with Crippen molar-refractivity contribution in [2.45, 2.75) is 59.9 Å². The second-order valence-electron chi connectivity index (χ2n) is 7.80. The summed E-state index contributed by atoms with van der Waals surface area (Å²) >= 11 is 0. The van der Waals surface area contributed by atoms with Gasteiger partial charge in [-0.3, -0.25) is 9.59 Å². The highest BCUT2D eigenvalue weighted by Gasteiger charge is 2.21. The number of rotatable bonds is 8. The van der Waals surface area contributed by atoms with Gasteiger partial charge in [0.25, 0.3) is 5.91 Å². The number of carbonyl (C=O) groups is 1. The molecule has 158 valence electrons. The van der Waals surface area contributed by atoms with E-state index in [9.17, 15) is 9.59 Å². The van der Waals surface area contributed by atoms with Crippen molar-refractivity contribution < 1.29 is 9.21 Å². The molecule has 3 rings (SSSR count). The molecule has 0 bridgehead atoms. The first kappa shape index (κ1) is 21.6. The molecule has 30 heavy (non-hydrogen) atoms. The predicted molar refractivity (Wildman–Crippen MR) is 120 cm³/mol. The van der Waals surface area contributed by atoms with Gasteiger partial charge in [-0.25, -0.2) is 0 Å². The molecule has 0 saturated heterocycles. The lowest BCUT2D eigenvalue weighted by molar-refractivity contribution is 0.102. The second kappa shape index (κ2) is 9.61. The Hall–Kier alpha value is -3.08. The van der Waals surface area contributed by atoms with E-state index < -0.39 is 0 Å². The minimum atomic E-state index is -0.353. The van der Waals surface area contributed by atoms with Gasteiger partial charge in [0, 0.05) is 23.1 Å². The van der Waals surface area contributed by atoms with E-state index >= 15 is 0 Å². The molecule has 1 N–H and O–H groups in total. The van der Waals surface area contributed by atoms with Crippen molar-refractivity contribution in [3.63, 3.8) is 0 Å². The summed E-state index contributed by atoms with van der Waals surface area (Å²) in [6.45, 7) is 8.51. The van der Waals surface area contributed by atoms with Crippen LogP contribution >= 0.6 is 0 Å².